The fourth-order valence-electron chi connectivity index (χ4n) is 3.10. The van der Waals surface area contributed by atoms with E-state index >= 15 is 0 Å². The molecule has 0 atom stereocenters. The van der Waals surface area contributed by atoms with Gasteiger partial charge in [0.05, 0.1) is 16.0 Å². The van der Waals surface area contributed by atoms with Gasteiger partial charge in [-0.05, 0) is 24.3 Å². The third kappa shape index (κ3) is 2.58. The number of aromatic nitrogens is 2. The number of hydrogen-bond acceptors (Lipinski definition) is 6. The van der Waals surface area contributed by atoms with Crippen LogP contribution in [0.25, 0.3) is 33.4 Å². The van der Waals surface area contributed by atoms with Gasteiger partial charge in [-0.25, -0.2) is 9.38 Å². The minimum Gasteiger partial charge on any atom is -0.457 e. The summed E-state index contributed by atoms with van der Waals surface area (Å²) in [6.07, 6.45) is 1.66. The molecule has 5 rings (SSSR count). The second-order valence-electron chi connectivity index (χ2n) is 6.14. The largest absolute Gasteiger partial charge is 0.457 e. The van der Waals surface area contributed by atoms with Gasteiger partial charge < -0.3 is 4.42 Å². The van der Waals surface area contributed by atoms with E-state index in [1.54, 1.807) is 34.7 Å². The molecule has 8 heteroatoms. The molecule has 0 N–H and O–H groups in total. The molecule has 0 aliphatic carbocycles. The number of furan rings is 1. The molecule has 0 fully saturated rings. The summed E-state index contributed by atoms with van der Waals surface area (Å²) in [4.78, 5) is 28.4. The highest BCUT2D eigenvalue weighted by molar-refractivity contribution is 7.15. The van der Waals surface area contributed by atoms with Crippen LogP contribution in [-0.4, -0.2) is 14.3 Å². The van der Waals surface area contributed by atoms with Crippen LogP contribution in [0, 0.1) is 10.1 Å². The van der Waals surface area contributed by atoms with Gasteiger partial charge >= 0.3 is 0 Å². The molecule has 0 bridgehead atoms. The Morgan fingerprint density at radius 2 is 1.96 bits per heavy atom. The molecule has 0 saturated heterocycles. The molecule has 5 aromatic rings. The molecule has 0 amide bonds. The molecule has 0 aliphatic heterocycles. The second-order valence-corrected chi connectivity index (χ2v) is 7.15. The van der Waals surface area contributed by atoms with Crippen LogP contribution in [0.2, 0.25) is 0 Å². The number of benzene rings is 2. The molecule has 3 aromatic heterocycles. The van der Waals surface area contributed by atoms with Crippen molar-refractivity contribution in [1.82, 2.24) is 9.38 Å². The van der Waals surface area contributed by atoms with Crippen molar-refractivity contribution < 1.29 is 9.34 Å². The van der Waals surface area contributed by atoms with Gasteiger partial charge in [0.1, 0.15) is 16.1 Å². The lowest BCUT2D eigenvalue weighted by Crippen LogP contribution is -2.22. The van der Waals surface area contributed by atoms with Gasteiger partial charge in [-0.3, -0.25) is 14.9 Å². The lowest BCUT2D eigenvalue weighted by atomic mass is 10.1. The fourth-order valence-corrected chi connectivity index (χ4v) is 4.07. The first kappa shape index (κ1) is 16.4. The van der Waals surface area contributed by atoms with Crippen molar-refractivity contribution in [2.45, 2.75) is 0 Å². The zero-order valence-corrected chi connectivity index (χ0v) is 15.1. The normalized spacial score (nSPS) is 12.2. The summed E-state index contributed by atoms with van der Waals surface area (Å²) in [5.41, 5.74) is 2.00. The Labute approximate surface area is 160 Å². The van der Waals surface area contributed by atoms with Crippen LogP contribution in [0.4, 0.5) is 5.69 Å². The van der Waals surface area contributed by atoms with Crippen LogP contribution in [0.15, 0.2) is 69.9 Å². The third-order valence-electron chi connectivity index (χ3n) is 4.39. The summed E-state index contributed by atoms with van der Waals surface area (Å²) in [7, 11) is 0. The van der Waals surface area contributed by atoms with Crippen LogP contribution in [0.5, 0.6) is 0 Å². The number of fused-ring (bicyclic) bond motifs is 3. The van der Waals surface area contributed by atoms with Crippen LogP contribution >= 0.6 is 11.3 Å². The van der Waals surface area contributed by atoms with Gasteiger partial charge in [0.25, 0.3) is 11.2 Å². The van der Waals surface area contributed by atoms with Crippen LogP contribution in [0.1, 0.15) is 5.76 Å². The maximum atomic E-state index is 12.8. The molecular formula is C20H11N3O4S. The van der Waals surface area contributed by atoms with Gasteiger partial charge in [0.15, 0.2) is 4.96 Å². The van der Waals surface area contributed by atoms with Crippen LogP contribution in [-0.2, 0) is 0 Å². The number of nitrogens with zero attached hydrogens (tertiary/aromatic N) is 3. The van der Waals surface area contributed by atoms with Crippen molar-refractivity contribution in [3.63, 3.8) is 0 Å². The Kier molecular flexibility index (Phi) is 3.59. The first-order valence-corrected chi connectivity index (χ1v) is 9.18. The van der Waals surface area contributed by atoms with Crippen molar-refractivity contribution in [2.75, 3.05) is 0 Å². The fraction of sp³-hybridized carbons (Fsp3) is 0. The highest BCUT2D eigenvalue weighted by atomic mass is 32.1. The van der Waals surface area contributed by atoms with Crippen molar-refractivity contribution >= 4 is 39.1 Å². The number of thiazole rings is 1. The molecule has 3 heterocycles. The summed E-state index contributed by atoms with van der Waals surface area (Å²) in [6, 6.07) is 17.2. The lowest BCUT2D eigenvalue weighted by molar-refractivity contribution is -0.384. The molecule has 0 spiro atoms. The van der Waals surface area contributed by atoms with E-state index in [-0.39, 0.29) is 11.2 Å². The number of imidazole rings is 1. The molecule has 2 aromatic carbocycles. The van der Waals surface area contributed by atoms with E-state index in [1.807, 2.05) is 24.3 Å². The topological polar surface area (TPSA) is 90.6 Å². The van der Waals surface area contributed by atoms with Gasteiger partial charge in [-0.15, -0.1) is 0 Å². The smallest absolute Gasteiger partial charge is 0.275 e. The van der Waals surface area contributed by atoms with Gasteiger partial charge in [-0.2, -0.15) is 0 Å². The molecule has 136 valence electrons. The average molecular weight is 389 g/mol. The van der Waals surface area contributed by atoms with Crippen LogP contribution < -0.4 is 10.1 Å². The van der Waals surface area contributed by atoms with E-state index in [0.29, 0.717) is 26.6 Å². The maximum absolute atomic E-state index is 12.8. The second kappa shape index (κ2) is 6.14. The van der Waals surface area contributed by atoms with Gasteiger partial charge in [0, 0.05) is 23.8 Å². The number of para-hydroxylation sites is 2. The zero-order chi connectivity index (χ0) is 19.3. The maximum Gasteiger partial charge on any atom is 0.275 e. The van der Waals surface area contributed by atoms with E-state index in [2.05, 4.69) is 4.98 Å². The minimum atomic E-state index is -0.449. The summed E-state index contributed by atoms with van der Waals surface area (Å²) >= 11 is 1.29. The number of rotatable bonds is 3. The Balaban J connectivity index is 1.59. The predicted octanol–water partition coefficient (Wildman–Crippen LogP) is 3.63. The Morgan fingerprint density at radius 1 is 1.11 bits per heavy atom. The lowest BCUT2D eigenvalue weighted by Gasteiger charge is -1.96. The first-order chi connectivity index (χ1) is 13.6. The highest BCUT2D eigenvalue weighted by Crippen LogP contribution is 2.26. The number of nitro benzene ring substituents is 1. The molecule has 0 aliphatic rings. The molecule has 0 radical (unpaired) electrons. The summed E-state index contributed by atoms with van der Waals surface area (Å²) in [6.45, 7) is 0. The van der Waals surface area contributed by atoms with E-state index < -0.39 is 4.92 Å². The molecular weight excluding hydrogens is 378 g/mol. The predicted molar refractivity (Wildman–Crippen MR) is 106 cm³/mol. The Morgan fingerprint density at radius 3 is 2.82 bits per heavy atom. The van der Waals surface area contributed by atoms with E-state index in [0.717, 1.165) is 11.0 Å². The van der Waals surface area contributed by atoms with Crippen molar-refractivity contribution in [3.05, 3.63) is 91.4 Å². The zero-order valence-electron chi connectivity index (χ0n) is 14.2. The van der Waals surface area contributed by atoms with Crippen molar-refractivity contribution in [1.29, 1.82) is 0 Å². The number of hydrogen-bond donors (Lipinski definition) is 0. The molecule has 0 unspecified atom stereocenters. The van der Waals surface area contributed by atoms with E-state index in [1.165, 1.54) is 23.5 Å². The summed E-state index contributed by atoms with van der Waals surface area (Å²) in [5, 5.41) is 10.9. The van der Waals surface area contributed by atoms with Crippen molar-refractivity contribution in [3.8, 4) is 11.3 Å². The average Bonchev–Trinajstić information content (AvgIpc) is 3.38. The standard InChI is InChI=1S/C20H11N3O4S/c24-19-18(28-20-21-15-6-1-2-7-16(15)22(19)20)11-14-8-9-17(27-14)12-4-3-5-13(10-12)23(25)26/h1-11H/b18-11-. The SMILES string of the molecule is O=c1/c(=C/c2ccc(-c3cccc([N+](=O)[O-])c3)o2)sc2nc3ccccc3n12. The van der Waals surface area contributed by atoms with Gasteiger partial charge in [-0.1, -0.05) is 35.6 Å². The molecule has 28 heavy (non-hydrogen) atoms. The first-order valence-electron chi connectivity index (χ1n) is 8.36. The molecule has 0 saturated carbocycles. The Bertz CT molecular complexity index is 1480. The quantitative estimate of drug-likeness (QED) is 0.347. The Hall–Kier alpha value is -3.78. The van der Waals surface area contributed by atoms with E-state index in [4.69, 9.17) is 4.42 Å². The van der Waals surface area contributed by atoms with Gasteiger partial charge in [0.2, 0.25) is 0 Å². The van der Waals surface area contributed by atoms with E-state index in [9.17, 15) is 14.9 Å². The van der Waals surface area contributed by atoms with Crippen LogP contribution in [0.3, 0.4) is 0 Å². The minimum absolute atomic E-state index is 0.00682. The number of nitro groups is 1. The third-order valence-corrected chi connectivity index (χ3v) is 5.36. The monoisotopic (exact) mass is 389 g/mol. The summed E-state index contributed by atoms with van der Waals surface area (Å²) in [5.74, 6) is 0.988. The number of non-ortho nitro benzene ring substituents is 1. The highest BCUT2D eigenvalue weighted by Gasteiger charge is 2.12. The summed E-state index contributed by atoms with van der Waals surface area (Å²) < 4.78 is 7.88. The molecule has 7 nitrogen and oxygen atoms in total. The van der Waals surface area contributed by atoms with Crippen molar-refractivity contribution in [2.24, 2.45) is 0 Å².